The standard InChI is InChI=1S/C23H24Br2N2O7/c1-2-7-33-23(32)11-3-5-12(6-4-11)26-15(28)10-34-16(29)9-27-21(30)17-13-8-14(18(17)22(27)31)20(25)19(13)24/h3-6,13-14,17-20H,2,7-10H2,1H3,(H,26,28)/t13-,14-,17-,18+,19-,20+/m1/s1. The first-order valence-corrected chi connectivity index (χ1v) is 12.9. The first-order valence-electron chi connectivity index (χ1n) is 11.1. The minimum atomic E-state index is -0.830. The van der Waals surface area contributed by atoms with E-state index in [1.807, 2.05) is 6.92 Å². The third-order valence-corrected chi connectivity index (χ3v) is 9.78. The first kappa shape index (κ1) is 24.8. The van der Waals surface area contributed by atoms with Crippen LogP contribution in [0.5, 0.6) is 0 Å². The highest BCUT2D eigenvalue weighted by atomic mass is 79.9. The molecule has 1 aromatic rings. The Morgan fingerprint density at radius 1 is 1.00 bits per heavy atom. The summed E-state index contributed by atoms with van der Waals surface area (Å²) in [6, 6.07) is 6.10. The summed E-state index contributed by atoms with van der Waals surface area (Å²) in [5.41, 5.74) is 0.767. The van der Waals surface area contributed by atoms with E-state index in [2.05, 4.69) is 37.2 Å². The van der Waals surface area contributed by atoms with Crippen LogP contribution < -0.4 is 5.32 Å². The predicted molar refractivity (Wildman–Crippen MR) is 127 cm³/mol. The molecule has 34 heavy (non-hydrogen) atoms. The van der Waals surface area contributed by atoms with Crippen molar-refractivity contribution in [2.24, 2.45) is 23.7 Å². The van der Waals surface area contributed by atoms with Crippen LogP contribution in [0.2, 0.25) is 0 Å². The van der Waals surface area contributed by atoms with Gasteiger partial charge in [0.2, 0.25) is 11.8 Å². The highest BCUT2D eigenvalue weighted by molar-refractivity contribution is 9.12. The highest BCUT2D eigenvalue weighted by Gasteiger charge is 2.66. The average molecular weight is 600 g/mol. The molecule has 1 saturated heterocycles. The Bertz CT molecular complexity index is 983. The number of ether oxygens (including phenoxy) is 2. The van der Waals surface area contributed by atoms with E-state index in [0.29, 0.717) is 17.9 Å². The third-order valence-electron chi connectivity index (χ3n) is 6.57. The molecule has 0 unspecified atom stereocenters. The van der Waals surface area contributed by atoms with Gasteiger partial charge in [0.1, 0.15) is 6.54 Å². The minimum absolute atomic E-state index is 0.0579. The number of hydrogen-bond acceptors (Lipinski definition) is 7. The van der Waals surface area contributed by atoms with Crippen LogP contribution in [0.3, 0.4) is 0 Å². The number of fused-ring (bicyclic) bond motifs is 5. The van der Waals surface area contributed by atoms with Gasteiger partial charge in [-0.2, -0.15) is 0 Å². The first-order chi connectivity index (χ1) is 16.2. The SMILES string of the molecule is CCCOC(=O)c1ccc(NC(=O)COC(=O)CN2C(=O)[C@@H]3[C@H]4C[C@@H]([C@H](Br)[C@@H]4Br)[C@@H]3C2=O)cc1. The lowest BCUT2D eigenvalue weighted by Gasteiger charge is -2.28. The van der Waals surface area contributed by atoms with Crippen LogP contribution in [0.15, 0.2) is 24.3 Å². The molecule has 3 amide bonds. The number of nitrogens with zero attached hydrogens (tertiary/aromatic N) is 1. The second-order valence-electron chi connectivity index (χ2n) is 8.69. The molecule has 11 heteroatoms. The number of benzene rings is 1. The molecular weight excluding hydrogens is 576 g/mol. The summed E-state index contributed by atoms with van der Waals surface area (Å²) in [6.07, 6.45) is 1.52. The molecule has 2 aliphatic carbocycles. The highest BCUT2D eigenvalue weighted by Crippen LogP contribution is 2.60. The van der Waals surface area contributed by atoms with Crippen LogP contribution in [0.4, 0.5) is 5.69 Å². The van der Waals surface area contributed by atoms with Crippen LogP contribution in [-0.4, -0.2) is 64.0 Å². The summed E-state index contributed by atoms with van der Waals surface area (Å²) in [5, 5.41) is 2.55. The van der Waals surface area contributed by atoms with Gasteiger partial charge in [-0.15, -0.1) is 0 Å². The molecule has 1 N–H and O–H groups in total. The summed E-state index contributed by atoms with van der Waals surface area (Å²) in [4.78, 5) is 63.1. The van der Waals surface area contributed by atoms with Crippen LogP contribution in [0.25, 0.3) is 0 Å². The summed E-state index contributed by atoms with van der Waals surface area (Å²) < 4.78 is 10.0. The number of rotatable bonds is 8. The number of anilines is 1. The molecule has 0 spiro atoms. The van der Waals surface area contributed by atoms with Crippen molar-refractivity contribution in [2.45, 2.75) is 29.4 Å². The Labute approximate surface area is 213 Å². The van der Waals surface area contributed by atoms with E-state index >= 15 is 0 Å². The molecule has 0 aromatic heterocycles. The maximum Gasteiger partial charge on any atom is 0.338 e. The van der Waals surface area contributed by atoms with Crippen molar-refractivity contribution in [3.05, 3.63) is 29.8 Å². The smallest absolute Gasteiger partial charge is 0.338 e. The summed E-state index contributed by atoms with van der Waals surface area (Å²) in [7, 11) is 0. The van der Waals surface area contributed by atoms with Gasteiger partial charge in [0.25, 0.3) is 5.91 Å². The fourth-order valence-electron chi connectivity index (χ4n) is 5.05. The number of amides is 3. The number of nitrogens with one attached hydrogen (secondary N) is 1. The van der Waals surface area contributed by atoms with Gasteiger partial charge in [-0.25, -0.2) is 4.79 Å². The van der Waals surface area contributed by atoms with E-state index in [4.69, 9.17) is 9.47 Å². The zero-order valence-electron chi connectivity index (χ0n) is 18.4. The van der Waals surface area contributed by atoms with Crippen molar-refractivity contribution >= 4 is 67.2 Å². The molecule has 1 aliphatic heterocycles. The van der Waals surface area contributed by atoms with E-state index in [-0.39, 0.29) is 33.3 Å². The molecule has 3 aliphatic rings. The minimum Gasteiger partial charge on any atom is -0.462 e. The van der Waals surface area contributed by atoms with Crippen molar-refractivity contribution in [2.75, 3.05) is 25.1 Å². The zero-order valence-corrected chi connectivity index (χ0v) is 21.5. The summed E-state index contributed by atoms with van der Waals surface area (Å²) in [5.74, 6) is -3.25. The number of esters is 2. The second-order valence-corrected chi connectivity index (χ2v) is 10.8. The average Bonchev–Trinajstić information content (AvgIpc) is 3.43. The van der Waals surface area contributed by atoms with Crippen LogP contribution in [-0.2, 0) is 28.7 Å². The number of hydrogen-bond donors (Lipinski definition) is 1. The Morgan fingerprint density at radius 2 is 1.59 bits per heavy atom. The van der Waals surface area contributed by atoms with Gasteiger partial charge >= 0.3 is 11.9 Å². The third kappa shape index (κ3) is 4.64. The van der Waals surface area contributed by atoms with Gasteiger partial charge < -0.3 is 14.8 Å². The number of carbonyl (C=O) groups is 5. The van der Waals surface area contributed by atoms with Crippen LogP contribution >= 0.6 is 31.9 Å². The molecule has 182 valence electrons. The van der Waals surface area contributed by atoms with Crippen molar-refractivity contribution < 1.29 is 33.4 Å². The molecule has 2 saturated carbocycles. The fourth-order valence-corrected chi connectivity index (χ4v) is 6.93. The van der Waals surface area contributed by atoms with Crippen molar-refractivity contribution in [1.82, 2.24) is 4.90 Å². The molecule has 9 nitrogen and oxygen atoms in total. The topological polar surface area (TPSA) is 119 Å². The molecule has 2 bridgehead atoms. The molecule has 0 radical (unpaired) electrons. The number of halogens is 2. The number of likely N-dealkylation sites (tertiary alicyclic amines) is 1. The lowest BCUT2D eigenvalue weighted by atomic mass is 9.81. The monoisotopic (exact) mass is 598 g/mol. The van der Waals surface area contributed by atoms with Crippen LogP contribution in [0.1, 0.15) is 30.1 Å². The number of carbonyl (C=O) groups excluding carboxylic acids is 5. The Kier molecular flexibility index (Phi) is 7.42. The van der Waals surface area contributed by atoms with E-state index in [1.165, 1.54) is 24.3 Å². The van der Waals surface area contributed by atoms with Gasteiger partial charge in [-0.3, -0.25) is 24.1 Å². The Morgan fingerprint density at radius 3 is 2.15 bits per heavy atom. The number of alkyl halides is 2. The van der Waals surface area contributed by atoms with Crippen molar-refractivity contribution in [1.29, 1.82) is 0 Å². The van der Waals surface area contributed by atoms with E-state index in [1.54, 1.807) is 0 Å². The Balaban J connectivity index is 1.25. The van der Waals surface area contributed by atoms with Gasteiger partial charge in [0.15, 0.2) is 6.61 Å². The van der Waals surface area contributed by atoms with E-state index in [9.17, 15) is 24.0 Å². The van der Waals surface area contributed by atoms with E-state index < -0.39 is 42.8 Å². The lowest BCUT2D eigenvalue weighted by Crippen LogP contribution is -2.38. The van der Waals surface area contributed by atoms with Gasteiger partial charge in [-0.1, -0.05) is 38.8 Å². The maximum atomic E-state index is 12.8. The van der Waals surface area contributed by atoms with Crippen molar-refractivity contribution in [3.63, 3.8) is 0 Å². The van der Waals surface area contributed by atoms with Gasteiger partial charge in [0, 0.05) is 15.3 Å². The molecule has 4 rings (SSSR count). The predicted octanol–water partition coefficient (Wildman–Crippen LogP) is 2.51. The normalized spacial score (nSPS) is 29.2. The Hall–Kier alpha value is -2.27. The molecule has 1 heterocycles. The fraction of sp³-hybridized carbons (Fsp3) is 0.522. The summed E-state index contributed by atoms with van der Waals surface area (Å²) in [6.45, 7) is 1.14. The molecular formula is C23H24Br2N2O7. The molecule has 6 atom stereocenters. The van der Waals surface area contributed by atoms with Gasteiger partial charge in [-0.05, 0) is 48.9 Å². The quantitative estimate of drug-likeness (QED) is 0.277. The van der Waals surface area contributed by atoms with E-state index in [0.717, 1.165) is 17.7 Å². The molecule has 1 aromatic carbocycles. The zero-order chi connectivity index (χ0) is 24.6. The largest absolute Gasteiger partial charge is 0.462 e. The number of imide groups is 1. The van der Waals surface area contributed by atoms with Gasteiger partial charge in [0.05, 0.1) is 24.0 Å². The maximum absolute atomic E-state index is 12.8. The summed E-state index contributed by atoms with van der Waals surface area (Å²) >= 11 is 7.23. The lowest BCUT2D eigenvalue weighted by molar-refractivity contribution is -0.154. The second kappa shape index (κ2) is 10.2. The molecule has 3 fully saturated rings. The van der Waals surface area contributed by atoms with Crippen molar-refractivity contribution in [3.8, 4) is 0 Å². The van der Waals surface area contributed by atoms with Crippen LogP contribution in [0, 0.1) is 23.7 Å².